The number of thiazole rings is 1. The molecule has 7 heteroatoms. The summed E-state index contributed by atoms with van der Waals surface area (Å²) in [7, 11) is 0. The summed E-state index contributed by atoms with van der Waals surface area (Å²) in [5.74, 6) is 0.0506. The van der Waals surface area contributed by atoms with Crippen LogP contribution in [0.15, 0.2) is 24.3 Å². The van der Waals surface area contributed by atoms with Gasteiger partial charge < -0.3 is 15.5 Å². The Balaban J connectivity index is 1.26. The molecule has 0 unspecified atom stereocenters. The molecule has 3 amide bonds. The Kier molecular flexibility index (Phi) is 5.06. The highest BCUT2D eigenvalue weighted by Crippen LogP contribution is 2.23. The van der Waals surface area contributed by atoms with Crippen molar-refractivity contribution in [2.75, 3.05) is 19.6 Å². The van der Waals surface area contributed by atoms with Crippen LogP contribution in [-0.2, 0) is 11.2 Å². The number of carbonyl (C=O) groups is 2. The van der Waals surface area contributed by atoms with Crippen LogP contribution in [0, 0.1) is 5.92 Å². The minimum Gasteiger partial charge on any atom is -0.351 e. The summed E-state index contributed by atoms with van der Waals surface area (Å²) in [6, 6.07) is 8.20. The molecule has 2 fully saturated rings. The highest BCUT2D eigenvalue weighted by molar-refractivity contribution is 7.18. The molecule has 6 nitrogen and oxygen atoms in total. The molecule has 0 spiro atoms. The zero-order valence-electron chi connectivity index (χ0n) is 14.7. The third-order valence-electron chi connectivity index (χ3n) is 5.17. The van der Waals surface area contributed by atoms with Gasteiger partial charge in [0.1, 0.15) is 0 Å². The number of hydrogen-bond acceptors (Lipinski definition) is 4. The molecule has 1 aromatic heterocycles. The molecule has 0 aliphatic carbocycles. The number of rotatable bonds is 4. The molecule has 3 heterocycles. The van der Waals surface area contributed by atoms with Crippen LogP contribution < -0.4 is 10.6 Å². The van der Waals surface area contributed by atoms with Crippen molar-refractivity contribution in [3.8, 4) is 0 Å². The molecule has 2 saturated heterocycles. The Bertz CT molecular complexity index is 773. The van der Waals surface area contributed by atoms with E-state index in [0.29, 0.717) is 19.6 Å². The zero-order chi connectivity index (χ0) is 17.9. The van der Waals surface area contributed by atoms with E-state index < -0.39 is 0 Å². The summed E-state index contributed by atoms with van der Waals surface area (Å²) < 4.78 is 1.21. The third kappa shape index (κ3) is 3.82. The van der Waals surface area contributed by atoms with Crippen molar-refractivity contribution in [1.29, 1.82) is 0 Å². The van der Waals surface area contributed by atoms with Gasteiger partial charge in [0, 0.05) is 32.1 Å². The summed E-state index contributed by atoms with van der Waals surface area (Å²) in [5.41, 5.74) is 1.05. The largest absolute Gasteiger partial charge is 0.351 e. The van der Waals surface area contributed by atoms with Gasteiger partial charge >= 0.3 is 6.03 Å². The lowest BCUT2D eigenvalue weighted by Crippen LogP contribution is -2.46. The molecule has 2 N–H and O–H groups in total. The maximum atomic E-state index is 12.5. The van der Waals surface area contributed by atoms with Gasteiger partial charge in [-0.05, 0) is 31.4 Å². The summed E-state index contributed by atoms with van der Waals surface area (Å²) in [5, 5.41) is 7.18. The zero-order valence-corrected chi connectivity index (χ0v) is 15.6. The van der Waals surface area contributed by atoms with Gasteiger partial charge in [0.05, 0.1) is 21.1 Å². The van der Waals surface area contributed by atoms with Gasteiger partial charge in [-0.1, -0.05) is 18.6 Å². The van der Waals surface area contributed by atoms with Gasteiger partial charge in [0.25, 0.3) is 0 Å². The predicted molar refractivity (Wildman–Crippen MR) is 102 cm³/mol. The molecule has 138 valence electrons. The Morgan fingerprint density at radius 3 is 3.08 bits per heavy atom. The van der Waals surface area contributed by atoms with Crippen LogP contribution in [0.1, 0.15) is 30.7 Å². The second-order valence-corrected chi connectivity index (χ2v) is 8.26. The number of amides is 3. The second-order valence-electron chi connectivity index (χ2n) is 7.15. The fraction of sp³-hybridized carbons (Fsp3) is 0.526. The maximum Gasteiger partial charge on any atom is 0.317 e. The highest BCUT2D eigenvalue weighted by atomic mass is 32.1. The van der Waals surface area contributed by atoms with E-state index in [4.69, 9.17) is 0 Å². The number of para-hydroxylation sites is 1. The fourth-order valence-electron chi connectivity index (χ4n) is 3.79. The van der Waals surface area contributed by atoms with Crippen LogP contribution in [-0.4, -0.2) is 47.5 Å². The number of aryl methyl sites for hydroxylation is 1. The molecule has 0 saturated carbocycles. The molecule has 0 radical (unpaired) electrons. The maximum absolute atomic E-state index is 12.5. The van der Waals surface area contributed by atoms with Crippen molar-refractivity contribution in [2.45, 2.75) is 38.1 Å². The van der Waals surface area contributed by atoms with Crippen LogP contribution in [0.2, 0.25) is 0 Å². The first-order valence-corrected chi connectivity index (χ1v) is 10.2. The normalized spacial score (nSPS) is 22.8. The van der Waals surface area contributed by atoms with Crippen LogP contribution in [0.4, 0.5) is 4.79 Å². The van der Waals surface area contributed by atoms with Crippen LogP contribution in [0.5, 0.6) is 0 Å². The summed E-state index contributed by atoms with van der Waals surface area (Å²) in [6.07, 6.45) is 4.63. The average Bonchev–Trinajstić information content (AvgIpc) is 2.86. The minimum absolute atomic E-state index is 0.0531. The second kappa shape index (κ2) is 7.61. The van der Waals surface area contributed by atoms with Crippen molar-refractivity contribution in [2.24, 2.45) is 5.92 Å². The number of hydrogen-bond donors (Lipinski definition) is 2. The number of benzene rings is 1. The van der Waals surface area contributed by atoms with Gasteiger partial charge in [-0.2, -0.15) is 0 Å². The van der Waals surface area contributed by atoms with Crippen molar-refractivity contribution in [3.63, 3.8) is 0 Å². The van der Waals surface area contributed by atoms with Gasteiger partial charge in [-0.15, -0.1) is 11.3 Å². The number of fused-ring (bicyclic) bond motifs is 4. The van der Waals surface area contributed by atoms with Crippen LogP contribution in [0.25, 0.3) is 10.2 Å². The molecule has 2 atom stereocenters. The van der Waals surface area contributed by atoms with E-state index in [-0.39, 0.29) is 23.9 Å². The van der Waals surface area contributed by atoms with Gasteiger partial charge in [0.15, 0.2) is 0 Å². The van der Waals surface area contributed by atoms with E-state index in [1.807, 2.05) is 23.1 Å². The van der Waals surface area contributed by atoms with Crippen molar-refractivity contribution < 1.29 is 9.59 Å². The molecule has 26 heavy (non-hydrogen) atoms. The lowest BCUT2D eigenvalue weighted by molar-refractivity contribution is -0.124. The topological polar surface area (TPSA) is 74.3 Å². The average molecular weight is 372 g/mol. The van der Waals surface area contributed by atoms with Crippen molar-refractivity contribution >= 4 is 33.5 Å². The van der Waals surface area contributed by atoms with Gasteiger partial charge in [-0.3, -0.25) is 4.79 Å². The number of urea groups is 1. The molecular weight excluding hydrogens is 348 g/mol. The Hall–Kier alpha value is -2.15. The number of aromatic nitrogens is 1. The molecule has 4 rings (SSSR count). The monoisotopic (exact) mass is 372 g/mol. The van der Waals surface area contributed by atoms with Crippen molar-refractivity contribution in [3.05, 3.63) is 29.3 Å². The highest BCUT2D eigenvalue weighted by Gasteiger charge is 2.34. The molecule has 1 aromatic carbocycles. The number of nitrogens with zero attached hydrogens (tertiary/aromatic N) is 2. The van der Waals surface area contributed by atoms with Crippen LogP contribution in [0.3, 0.4) is 0 Å². The summed E-state index contributed by atoms with van der Waals surface area (Å²) >= 11 is 1.72. The summed E-state index contributed by atoms with van der Waals surface area (Å²) in [6.45, 7) is 1.78. The van der Waals surface area contributed by atoms with Crippen molar-refractivity contribution in [1.82, 2.24) is 20.5 Å². The van der Waals surface area contributed by atoms with Gasteiger partial charge in [-0.25, -0.2) is 9.78 Å². The molecule has 2 aromatic rings. The smallest absolute Gasteiger partial charge is 0.317 e. The minimum atomic E-state index is -0.0593. The third-order valence-corrected chi connectivity index (χ3v) is 6.27. The Morgan fingerprint density at radius 1 is 1.31 bits per heavy atom. The molecule has 2 aliphatic heterocycles. The summed E-state index contributed by atoms with van der Waals surface area (Å²) in [4.78, 5) is 31.0. The number of likely N-dealkylation sites (tertiary alicyclic amines) is 1. The Labute approximate surface area is 157 Å². The Morgan fingerprint density at radius 2 is 2.19 bits per heavy atom. The van der Waals surface area contributed by atoms with Gasteiger partial charge in [0.2, 0.25) is 5.91 Å². The molecular formula is C19H24N4O2S. The quantitative estimate of drug-likeness (QED) is 0.810. The molecule has 2 bridgehead atoms. The lowest BCUT2D eigenvalue weighted by atomic mass is 9.99. The van der Waals surface area contributed by atoms with E-state index in [9.17, 15) is 9.59 Å². The SMILES string of the molecule is O=C1N[C@H]2CCC[C@@H]1CN(C(=O)NCCCc1nc3ccccc3s1)C2. The predicted octanol–water partition coefficient (Wildman–Crippen LogP) is 2.54. The van der Waals surface area contributed by atoms with Crippen LogP contribution >= 0.6 is 11.3 Å². The molecule has 2 aliphatic rings. The first kappa shape index (κ1) is 17.3. The van der Waals surface area contributed by atoms with E-state index in [0.717, 1.165) is 42.6 Å². The van der Waals surface area contributed by atoms with E-state index >= 15 is 0 Å². The van der Waals surface area contributed by atoms with E-state index in [1.165, 1.54) is 4.70 Å². The van der Waals surface area contributed by atoms with E-state index in [1.54, 1.807) is 11.3 Å². The first-order valence-electron chi connectivity index (χ1n) is 9.36. The number of carbonyl (C=O) groups excluding carboxylic acids is 2. The number of nitrogens with one attached hydrogen (secondary N) is 2. The first-order chi connectivity index (χ1) is 12.7. The van der Waals surface area contributed by atoms with E-state index in [2.05, 4.69) is 21.7 Å². The lowest BCUT2D eigenvalue weighted by Gasteiger charge is -2.27. The standard InChI is InChI=1S/C19H24N4O2S/c24-18-13-5-3-6-14(21-18)12-23(11-13)19(25)20-10-4-9-17-22-15-7-1-2-8-16(15)26-17/h1-2,7-8,13-14H,3-6,9-12H2,(H,20,25)(H,21,24)/t13-,14+/m1/s1. The fourth-order valence-corrected chi connectivity index (χ4v) is 4.80.